The number of hydrogen-bond acceptors (Lipinski definition) is 0. The largest absolute Gasteiger partial charge is 0.0843 e. The standard InChI is InChI=1S/C17H32Si4/c1-18(2)20(5)21(19(3)4,16-12-8-6-9-13-16)17-14-10-7-11-15-17/h6-12,14,16-20H,13,15H2,1-5H3. The minimum Gasteiger partial charge on any atom is -0.0843 e. The summed E-state index contributed by atoms with van der Waals surface area (Å²) in [5, 5.41) is 0. The maximum atomic E-state index is 2.79. The van der Waals surface area contributed by atoms with E-state index in [1.807, 2.05) is 0 Å². The molecule has 2 rings (SSSR count). The molecule has 2 aliphatic carbocycles. The lowest BCUT2D eigenvalue weighted by atomic mass is 10.2. The molecule has 0 aromatic rings. The van der Waals surface area contributed by atoms with E-state index in [-0.39, 0.29) is 0 Å². The maximum absolute atomic E-state index is 2.79. The fourth-order valence-corrected chi connectivity index (χ4v) is 76.5. The molecule has 0 fully saturated rings. The van der Waals surface area contributed by atoms with Crippen molar-refractivity contribution >= 4 is 31.6 Å². The van der Waals surface area contributed by atoms with Gasteiger partial charge in [-0.15, -0.1) is 0 Å². The molecule has 2 aliphatic rings. The topological polar surface area (TPSA) is 0 Å². The lowest BCUT2D eigenvalue weighted by molar-refractivity contribution is 0.920. The Labute approximate surface area is 136 Å². The second kappa shape index (κ2) is 7.40. The van der Waals surface area contributed by atoms with Crippen LogP contribution in [0.3, 0.4) is 0 Å². The highest BCUT2D eigenvalue weighted by molar-refractivity contribution is 7.72. The molecule has 0 aromatic heterocycles. The quantitative estimate of drug-likeness (QED) is 0.651. The summed E-state index contributed by atoms with van der Waals surface area (Å²) in [7, 11) is -2.82. The normalized spacial score (nSPS) is 29.1. The molecule has 0 nitrogen and oxygen atoms in total. The first kappa shape index (κ1) is 17.2. The van der Waals surface area contributed by atoms with Crippen molar-refractivity contribution < 1.29 is 0 Å². The van der Waals surface area contributed by atoms with E-state index < -0.39 is 31.6 Å². The van der Waals surface area contributed by atoms with Crippen LogP contribution in [0.1, 0.15) is 12.8 Å². The van der Waals surface area contributed by atoms with Gasteiger partial charge >= 0.3 is 0 Å². The molecule has 0 spiro atoms. The van der Waals surface area contributed by atoms with E-state index in [4.69, 9.17) is 0 Å². The van der Waals surface area contributed by atoms with E-state index in [1.165, 1.54) is 12.8 Å². The summed E-state index contributed by atoms with van der Waals surface area (Å²) in [6.07, 6.45) is 22.1. The maximum Gasteiger partial charge on any atom is 0.0476 e. The molecule has 3 unspecified atom stereocenters. The minimum absolute atomic E-state index is 0.468. The molecule has 0 amide bonds. The second-order valence-corrected chi connectivity index (χ2v) is 40.6. The van der Waals surface area contributed by atoms with Crippen molar-refractivity contribution in [2.75, 3.05) is 0 Å². The van der Waals surface area contributed by atoms with Gasteiger partial charge in [0.1, 0.15) is 0 Å². The van der Waals surface area contributed by atoms with Gasteiger partial charge in [-0.2, -0.15) is 0 Å². The van der Waals surface area contributed by atoms with Gasteiger partial charge in [0, 0.05) is 31.6 Å². The Kier molecular flexibility index (Phi) is 6.05. The van der Waals surface area contributed by atoms with Crippen molar-refractivity contribution in [3.8, 4) is 0 Å². The molecule has 3 atom stereocenters. The van der Waals surface area contributed by atoms with E-state index in [1.54, 1.807) is 0 Å². The van der Waals surface area contributed by atoms with Crippen molar-refractivity contribution in [1.29, 1.82) is 0 Å². The Morgan fingerprint density at radius 3 is 1.52 bits per heavy atom. The van der Waals surface area contributed by atoms with Crippen LogP contribution in [-0.4, -0.2) is 31.6 Å². The fourth-order valence-electron chi connectivity index (χ4n) is 4.81. The van der Waals surface area contributed by atoms with Crippen LogP contribution in [0.15, 0.2) is 48.6 Å². The number of hydrogen-bond donors (Lipinski definition) is 0. The summed E-state index contributed by atoms with van der Waals surface area (Å²) in [6.45, 7) is 13.5. The lowest BCUT2D eigenvalue weighted by Gasteiger charge is -2.51. The van der Waals surface area contributed by atoms with E-state index in [2.05, 4.69) is 81.3 Å². The molecule has 0 N–H and O–H groups in total. The first-order valence-electron chi connectivity index (χ1n) is 8.67. The molecule has 0 aliphatic heterocycles. The Morgan fingerprint density at radius 2 is 1.24 bits per heavy atom. The summed E-state index contributed by atoms with van der Waals surface area (Å²) >= 11 is 0. The first-order valence-corrected chi connectivity index (χ1v) is 22.9. The zero-order chi connectivity index (χ0) is 15.5. The van der Waals surface area contributed by atoms with Crippen molar-refractivity contribution in [2.45, 2.75) is 56.7 Å². The van der Waals surface area contributed by atoms with Crippen LogP contribution in [-0.2, 0) is 0 Å². The van der Waals surface area contributed by atoms with Crippen molar-refractivity contribution in [1.82, 2.24) is 0 Å². The predicted octanol–water partition coefficient (Wildman–Crippen LogP) is 4.27. The lowest BCUT2D eigenvalue weighted by Crippen LogP contribution is -2.69. The SMILES string of the molecule is C[SiH](C)[SiH](C)[Si](C1C=CC=CC1)(C1C=CC=CC1)[SiH](C)C. The van der Waals surface area contributed by atoms with Gasteiger partial charge < -0.3 is 0 Å². The predicted molar refractivity (Wildman–Crippen MR) is 110 cm³/mol. The molecule has 116 valence electrons. The molecule has 21 heavy (non-hydrogen) atoms. The van der Waals surface area contributed by atoms with Crippen LogP contribution in [0.2, 0.25) is 43.8 Å². The summed E-state index contributed by atoms with van der Waals surface area (Å²) in [5.74, 6) is 0. The monoisotopic (exact) mass is 348 g/mol. The van der Waals surface area contributed by atoms with E-state index in [9.17, 15) is 0 Å². The van der Waals surface area contributed by atoms with Gasteiger partial charge in [0.05, 0.1) is 0 Å². The summed E-state index contributed by atoms with van der Waals surface area (Å²) < 4.78 is 0. The van der Waals surface area contributed by atoms with Gasteiger partial charge in [-0.3, -0.25) is 0 Å². The zero-order valence-corrected chi connectivity index (χ0v) is 18.9. The van der Waals surface area contributed by atoms with E-state index in [0.29, 0.717) is 0 Å². The van der Waals surface area contributed by atoms with E-state index >= 15 is 0 Å². The van der Waals surface area contributed by atoms with Gasteiger partial charge in [0.15, 0.2) is 0 Å². The zero-order valence-electron chi connectivity index (χ0n) is 14.4. The Balaban J connectivity index is 2.48. The molecule has 0 saturated heterocycles. The first-order chi connectivity index (χ1) is 10.0. The highest BCUT2D eigenvalue weighted by Crippen LogP contribution is 2.45. The van der Waals surface area contributed by atoms with Gasteiger partial charge in [-0.1, -0.05) is 81.3 Å². The molecular weight excluding hydrogens is 317 g/mol. The average Bonchev–Trinajstić information content (AvgIpc) is 2.49. The third-order valence-electron chi connectivity index (χ3n) is 6.03. The Bertz CT molecular complexity index is 429. The molecule has 4 heteroatoms. The molecule has 0 radical (unpaired) electrons. The molecular formula is C17H32Si4. The molecule has 0 aromatic carbocycles. The summed E-state index contributed by atoms with van der Waals surface area (Å²) in [4.78, 5) is 0. The van der Waals surface area contributed by atoms with Gasteiger partial charge in [-0.05, 0) is 23.9 Å². The van der Waals surface area contributed by atoms with Crippen LogP contribution >= 0.6 is 0 Å². The third-order valence-corrected chi connectivity index (χ3v) is 62.3. The fraction of sp³-hybridized carbons (Fsp3) is 0.529. The summed E-state index contributed by atoms with van der Waals surface area (Å²) in [5.41, 5.74) is 1.90. The second-order valence-electron chi connectivity index (χ2n) is 7.50. The van der Waals surface area contributed by atoms with E-state index in [0.717, 1.165) is 11.1 Å². The highest BCUT2D eigenvalue weighted by atomic mass is 29.8. The highest BCUT2D eigenvalue weighted by Gasteiger charge is 2.52. The van der Waals surface area contributed by atoms with Gasteiger partial charge in [-0.25, -0.2) is 0 Å². The number of rotatable bonds is 5. The van der Waals surface area contributed by atoms with Crippen molar-refractivity contribution in [3.05, 3.63) is 48.6 Å². The Morgan fingerprint density at radius 1 is 0.762 bits per heavy atom. The molecule has 0 saturated carbocycles. The van der Waals surface area contributed by atoms with Crippen molar-refractivity contribution in [2.24, 2.45) is 0 Å². The molecule has 0 heterocycles. The number of allylic oxidation sites excluding steroid dienone is 8. The van der Waals surface area contributed by atoms with Gasteiger partial charge in [0.25, 0.3) is 0 Å². The van der Waals surface area contributed by atoms with Crippen LogP contribution in [0, 0.1) is 0 Å². The van der Waals surface area contributed by atoms with Gasteiger partial charge in [0.2, 0.25) is 0 Å². The van der Waals surface area contributed by atoms with Crippen LogP contribution in [0.5, 0.6) is 0 Å². The van der Waals surface area contributed by atoms with Crippen LogP contribution < -0.4 is 0 Å². The van der Waals surface area contributed by atoms with Crippen molar-refractivity contribution in [3.63, 3.8) is 0 Å². The third kappa shape index (κ3) is 3.28. The summed E-state index contributed by atoms with van der Waals surface area (Å²) in [6, 6.07) is 0. The average molecular weight is 349 g/mol. The Hall–Kier alpha value is -0.172. The minimum atomic E-state index is -1.17. The van der Waals surface area contributed by atoms with Crippen LogP contribution in [0.25, 0.3) is 0 Å². The molecule has 0 bridgehead atoms. The van der Waals surface area contributed by atoms with Crippen LogP contribution in [0.4, 0.5) is 0 Å². The smallest absolute Gasteiger partial charge is 0.0476 e.